The first-order chi connectivity index (χ1) is 11.4. The average Bonchev–Trinajstić information content (AvgIpc) is 2.59. The molecule has 0 amide bonds. The number of fused-ring (bicyclic) bond motifs is 1. The Morgan fingerprint density at radius 2 is 1.50 bits per heavy atom. The molecule has 124 valence electrons. The van der Waals surface area contributed by atoms with Crippen molar-refractivity contribution < 1.29 is 17.9 Å². The van der Waals surface area contributed by atoms with Crippen LogP contribution in [0.2, 0.25) is 0 Å². The maximum atomic E-state index is 12.2. The molecular formula is C18H17NO4S. The molecule has 2 aromatic carbocycles. The maximum absolute atomic E-state index is 12.2. The van der Waals surface area contributed by atoms with Crippen molar-refractivity contribution in [3.63, 3.8) is 0 Å². The van der Waals surface area contributed by atoms with Gasteiger partial charge in [0.25, 0.3) is 0 Å². The van der Waals surface area contributed by atoms with Crippen molar-refractivity contribution in [3.8, 4) is 22.8 Å². The lowest BCUT2D eigenvalue weighted by atomic mass is 10.1. The highest BCUT2D eigenvalue weighted by atomic mass is 32.2. The Hall–Kier alpha value is -2.60. The molecule has 1 heterocycles. The second-order valence-electron chi connectivity index (χ2n) is 5.40. The zero-order chi connectivity index (χ0) is 17.3. The fourth-order valence-corrected chi connectivity index (χ4v) is 3.36. The molecule has 0 N–H and O–H groups in total. The lowest BCUT2D eigenvalue weighted by Gasteiger charge is -2.10. The number of methoxy groups -OCH3 is 2. The molecule has 5 nitrogen and oxygen atoms in total. The fraction of sp³-hybridized carbons (Fsp3) is 0.167. The van der Waals surface area contributed by atoms with E-state index >= 15 is 0 Å². The van der Waals surface area contributed by atoms with Gasteiger partial charge in [0.2, 0.25) is 0 Å². The summed E-state index contributed by atoms with van der Waals surface area (Å²) < 4.78 is 34.8. The van der Waals surface area contributed by atoms with Crippen LogP contribution in [0.1, 0.15) is 0 Å². The van der Waals surface area contributed by atoms with Gasteiger partial charge in [-0.25, -0.2) is 13.4 Å². The van der Waals surface area contributed by atoms with Gasteiger partial charge in [-0.05, 0) is 47.9 Å². The van der Waals surface area contributed by atoms with Crippen molar-refractivity contribution in [2.45, 2.75) is 5.03 Å². The van der Waals surface area contributed by atoms with Crippen LogP contribution >= 0.6 is 0 Å². The van der Waals surface area contributed by atoms with Crippen LogP contribution in [0.5, 0.6) is 11.5 Å². The molecule has 6 heteroatoms. The molecule has 0 aliphatic rings. The number of aromatic nitrogens is 1. The first kappa shape index (κ1) is 16.3. The van der Waals surface area contributed by atoms with Gasteiger partial charge in [-0.1, -0.05) is 6.07 Å². The molecule has 0 unspecified atom stereocenters. The van der Waals surface area contributed by atoms with Crippen molar-refractivity contribution >= 4 is 20.6 Å². The van der Waals surface area contributed by atoms with E-state index in [2.05, 4.69) is 4.98 Å². The molecule has 3 rings (SSSR count). The van der Waals surface area contributed by atoms with Crippen LogP contribution in [-0.2, 0) is 9.84 Å². The average molecular weight is 343 g/mol. The normalized spacial score (nSPS) is 11.5. The van der Waals surface area contributed by atoms with Gasteiger partial charge in [0.05, 0.1) is 19.9 Å². The number of sulfone groups is 1. The predicted molar refractivity (Wildman–Crippen MR) is 93.4 cm³/mol. The molecule has 0 aliphatic heterocycles. The highest BCUT2D eigenvalue weighted by Gasteiger charge is 2.17. The highest BCUT2D eigenvalue weighted by Crippen LogP contribution is 2.30. The number of rotatable bonds is 4. The molecule has 0 aliphatic carbocycles. The standard InChI is InChI=1S/C18H17NO4S/c1-22-14-7-4-12(5-8-14)17-10-13-6-9-15(23-2)11-16(13)18(19-17)24(3,20)21/h4-11H,1-3H3. The smallest absolute Gasteiger partial charge is 0.193 e. The van der Waals surface area contributed by atoms with Crippen molar-refractivity contribution in [1.29, 1.82) is 0 Å². The van der Waals surface area contributed by atoms with E-state index < -0.39 is 9.84 Å². The summed E-state index contributed by atoms with van der Waals surface area (Å²) in [5.74, 6) is 1.32. The molecule has 1 aromatic heterocycles. The van der Waals surface area contributed by atoms with Crippen LogP contribution in [0, 0.1) is 0 Å². The van der Waals surface area contributed by atoms with E-state index in [4.69, 9.17) is 9.47 Å². The fourth-order valence-electron chi connectivity index (χ4n) is 2.51. The molecule has 0 radical (unpaired) electrons. The summed E-state index contributed by atoms with van der Waals surface area (Å²) in [6.07, 6.45) is 1.16. The van der Waals surface area contributed by atoms with Gasteiger partial charge < -0.3 is 9.47 Å². The molecular weight excluding hydrogens is 326 g/mol. The summed E-state index contributed by atoms with van der Waals surface area (Å²) in [5, 5.41) is 1.39. The predicted octanol–water partition coefficient (Wildman–Crippen LogP) is 3.32. The van der Waals surface area contributed by atoms with E-state index in [1.807, 2.05) is 36.4 Å². The number of ether oxygens (including phenoxy) is 2. The van der Waals surface area contributed by atoms with Gasteiger partial charge >= 0.3 is 0 Å². The number of pyridine rings is 1. The highest BCUT2D eigenvalue weighted by molar-refractivity contribution is 7.90. The van der Waals surface area contributed by atoms with Gasteiger partial charge in [-0.2, -0.15) is 0 Å². The Labute approximate surface area is 140 Å². The van der Waals surface area contributed by atoms with Gasteiger partial charge in [-0.3, -0.25) is 0 Å². The third kappa shape index (κ3) is 3.05. The first-order valence-corrected chi connectivity index (χ1v) is 9.15. The van der Waals surface area contributed by atoms with Crippen molar-refractivity contribution in [2.24, 2.45) is 0 Å². The number of benzene rings is 2. The van der Waals surface area contributed by atoms with Crippen LogP contribution < -0.4 is 9.47 Å². The lowest BCUT2D eigenvalue weighted by molar-refractivity contribution is 0.415. The summed E-state index contributed by atoms with van der Waals surface area (Å²) >= 11 is 0. The van der Waals surface area contributed by atoms with Crippen LogP contribution in [0.3, 0.4) is 0 Å². The third-order valence-corrected chi connectivity index (χ3v) is 4.76. The van der Waals surface area contributed by atoms with Crippen LogP contribution in [0.15, 0.2) is 53.6 Å². The zero-order valence-electron chi connectivity index (χ0n) is 13.6. The molecule has 0 saturated heterocycles. The van der Waals surface area contributed by atoms with E-state index in [9.17, 15) is 8.42 Å². The first-order valence-electron chi connectivity index (χ1n) is 7.25. The Morgan fingerprint density at radius 3 is 2.08 bits per heavy atom. The van der Waals surface area contributed by atoms with E-state index in [1.165, 1.54) is 0 Å². The quantitative estimate of drug-likeness (QED) is 0.727. The summed E-state index contributed by atoms with van der Waals surface area (Å²) in [7, 11) is -0.351. The zero-order valence-corrected chi connectivity index (χ0v) is 14.4. The lowest BCUT2D eigenvalue weighted by Crippen LogP contribution is -2.03. The number of hydrogen-bond donors (Lipinski definition) is 0. The van der Waals surface area contributed by atoms with Gasteiger partial charge in [0.15, 0.2) is 14.9 Å². The van der Waals surface area contributed by atoms with Crippen LogP contribution in [0.25, 0.3) is 22.0 Å². The monoisotopic (exact) mass is 343 g/mol. The van der Waals surface area contributed by atoms with Gasteiger partial charge in [0.1, 0.15) is 11.5 Å². The minimum atomic E-state index is -3.49. The largest absolute Gasteiger partial charge is 0.497 e. The van der Waals surface area contributed by atoms with Crippen molar-refractivity contribution in [2.75, 3.05) is 20.5 Å². The second-order valence-corrected chi connectivity index (χ2v) is 7.33. The Morgan fingerprint density at radius 1 is 0.875 bits per heavy atom. The van der Waals surface area contributed by atoms with Crippen molar-refractivity contribution in [3.05, 3.63) is 48.5 Å². The van der Waals surface area contributed by atoms with Gasteiger partial charge in [0, 0.05) is 17.2 Å². The molecule has 0 atom stereocenters. The molecule has 24 heavy (non-hydrogen) atoms. The molecule has 0 fully saturated rings. The topological polar surface area (TPSA) is 65.5 Å². The number of nitrogens with zero attached hydrogens (tertiary/aromatic N) is 1. The number of hydrogen-bond acceptors (Lipinski definition) is 5. The summed E-state index contributed by atoms with van der Waals surface area (Å²) in [5.41, 5.74) is 1.41. The maximum Gasteiger partial charge on any atom is 0.193 e. The van der Waals surface area contributed by atoms with Crippen molar-refractivity contribution in [1.82, 2.24) is 4.98 Å². The molecule has 3 aromatic rings. The van der Waals surface area contributed by atoms with E-state index in [1.54, 1.807) is 26.4 Å². The van der Waals surface area contributed by atoms with Crippen LogP contribution in [-0.4, -0.2) is 33.9 Å². The van der Waals surface area contributed by atoms with E-state index in [0.29, 0.717) is 16.8 Å². The SMILES string of the molecule is COc1ccc(-c2cc3ccc(OC)cc3c(S(C)(=O)=O)n2)cc1. The van der Waals surface area contributed by atoms with E-state index in [0.717, 1.165) is 23.0 Å². The minimum absolute atomic E-state index is 0.0460. The van der Waals surface area contributed by atoms with Gasteiger partial charge in [-0.15, -0.1) is 0 Å². The van der Waals surface area contributed by atoms with E-state index in [-0.39, 0.29) is 5.03 Å². The summed E-state index contributed by atoms with van der Waals surface area (Å²) in [6, 6.07) is 14.5. The Bertz CT molecular complexity index is 995. The second kappa shape index (κ2) is 6.13. The summed E-state index contributed by atoms with van der Waals surface area (Å²) in [6.45, 7) is 0. The van der Waals surface area contributed by atoms with Crippen LogP contribution in [0.4, 0.5) is 0 Å². The molecule has 0 saturated carbocycles. The minimum Gasteiger partial charge on any atom is -0.497 e. The Balaban J connectivity index is 2.26. The molecule has 0 spiro atoms. The molecule has 0 bridgehead atoms. The Kier molecular flexibility index (Phi) is 4.15. The third-order valence-electron chi connectivity index (χ3n) is 3.74. The summed E-state index contributed by atoms with van der Waals surface area (Å²) in [4.78, 5) is 4.39.